The summed E-state index contributed by atoms with van der Waals surface area (Å²) in [5, 5.41) is 0. The van der Waals surface area contributed by atoms with Crippen LogP contribution in [0.25, 0.3) is 5.57 Å². The molecule has 0 spiro atoms. The second-order valence-electron chi connectivity index (χ2n) is 7.02. The Labute approximate surface area is 147 Å². The molecule has 0 aliphatic carbocycles. The molecule has 2 aromatic carbocycles. The van der Waals surface area contributed by atoms with Crippen molar-refractivity contribution in [2.75, 3.05) is 11.9 Å². The van der Waals surface area contributed by atoms with Gasteiger partial charge in [0.05, 0.1) is 5.69 Å². The lowest BCUT2D eigenvalue weighted by Crippen LogP contribution is -2.25. The molecule has 0 bridgehead atoms. The average molecular weight is 335 g/mol. The molecule has 0 radical (unpaired) electrons. The average Bonchev–Trinajstić information content (AvgIpc) is 2.64. The molecule has 0 saturated carbocycles. The molecule has 0 unspecified atom stereocenters. The van der Waals surface area contributed by atoms with Gasteiger partial charge in [-0.05, 0) is 44.0 Å². The van der Waals surface area contributed by atoms with Crippen LogP contribution in [0.5, 0.6) is 0 Å². The van der Waals surface area contributed by atoms with Gasteiger partial charge in [0.25, 0.3) is 5.91 Å². The summed E-state index contributed by atoms with van der Waals surface area (Å²) in [6.45, 7) is 5.49. The van der Waals surface area contributed by atoms with Gasteiger partial charge in [0.2, 0.25) is 0 Å². The number of esters is 1. The number of anilines is 1. The van der Waals surface area contributed by atoms with Gasteiger partial charge in [-0.2, -0.15) is 0 Å². The quantitative estimate of drug-likeness (QED) is 0.583. The SMILES string of the molecule is CN1C(=O)c2ccccc2/C(=C/C(=O)OC(C)(C)C)c2ccccc21. The van der Waals surface area contributed by atoms with Crippen molar-refractivity contribution < 1.29 is 14.3 Å². The van der Waals surface area contributed by atoms with Gasteiger partial charge in [0.15, 0.2) is 0 Å². The second-order valence-corrected chi connectivity index (χ2v) is 7.02. The van der Waals surface area contributed by atoms with E-state index in [4.69, 9.17) is 4.74 Å². The number of ether oxygens (including phenoxy) is 1. The lowest BCUT2D eigenvalue weighted by atomic mass is 9.94. The van der Waals surface area contributed by atoms with Crippen LogP contribution in [0.3, 0.4) is 0 Å². The minimum Gasteiger partial charge on any atom is -0.457 e. The zero-order valence-electron chi connectivity index (χ0n) is 14.9. The van der Waals surface area contributed by atoms with E-state index in [9.17, 15) is 9.59 Å². The molecular formula is C21H21NO3. The summed E-state index contributed by atoms with van der Waals surface area (Å²) in [5.74, 6) is -0.528. The third-order valence-corrected chi connectivity index (χ3v) is 3.98. The van der Waals surface area contributed by atoms with E-state index in [-0.39, 0.29) is 5.91 Å². The first-order valence-corrected chi connectivity index (χ1v) is 8.19. The van der Waals surface area contributed by atoms with Crippen molar-refractivity contribution in [3.05, 3.63) is 71.3 Å². The summed E-state index contributed by atoms with van der Waals surface area (Å²) < 4.78 is 5.45. The molecule has 0 atom stereocenters. The summed E-state index contributed by atoms with van der Waals surface area (Å²) in [7, 11) is 1.74. The lowest BCUT2D eigenvalue weighted by Gasteiger charge is -2.19. The van der Waals surface area contributed by atoms with E-state index >= 15 is 0 Å². The zero-order valence-corrected chi connectivity index (χ0v) is 14.9. The summed E-state index contributed by atoms with van der Waals surface area (Å²) in [4.78, 5) is 26.9. The first-order chi connectivity index (χ1) is 11.8. The van der Waals surface area contributed by atoms with Gasteiger partial charge in [-0.1, -0.05) is 36.4 Å². The fourth-order valence-electron chi connectivity index (χ4n) is 2.94. The van der Waals surface area contributed by atoms with Gasteiger partial charge in [-0.3, -0.25) is 4.79 Å². The highest BCUT2D eigenvalue weighted by molar-refractivity contribution is 6.15. The van der Waals surface area contributed by atoms with E-state index in [1.54, 1.807) is 18.0 Å². The molecule has 128 valence electrons. The van der Waals surface area contributed by atoms with Crippen LogP contribution < -0.4 is 4.90 Å². The zero-order chi connectivity index (χ0) is 18.2. The van der Waals surface area contributed by atoms with Gasteiger partial charge in [0, 0.05) is 24.3 Å². The maximum atomic E-state index is 12.8. The summed E-state index contributed by atoms with van der Waals surface area (Å²) in [5.41, 5.74) is 3.00. The van der Waals surface area contributed by atoms with Crippen molar-refractivity contribution in [2.24, 2.45) is 0 Å². The first kappa shape index (κ1) is 17.0. The minimum absolute atomic E-state index is 0.101. The fourth-order valence-corrected chi connectivity index (χ4v) is 2.94. The van der Waals surface area contributed by atoms with Crippen LogP contribution in [0.4, 0.5) is 5.69 Å². The third kappa shape index (κ3) is 3.33. The van der Waals surface area contributed by atoms with Crippen LogP contribution in [0.1, 0.15) is 42.3 Å². The normalized spacial score (nSPS) is 15.4. The predicted molar refractivity (Wildman–Crippen MR) is 98.5 cm³/mol. The Bertz CT molecular complexity index is 875. The van der Waals surface area contributed by atoms with E-state index in [1.807, 2.05) is 63.2 Å². The van der Waals surface area contributed by atoms with E-state index in [0.717, 1.165) is 16.8 Å². The Kier molecular flexibility index (Phi) is 4.21. The molecule has 4 nitrogen and oxygen atoms in total. The summed E-state index contributed by atoms with van der Waals surface area (Å²) in [6, 6.07) is 14.9. The van der Waals surface area contributed by atoms with Crippen LogP contribution >= 0.6 is 0 Å². The molecule has 0 aromatic heterocycles. The molecular weight excluding hydrogens is 314 g/mol. The second kappa shape index (κ2) is 6.20. The highest BCUT2D eigenvalue weighted by atomic mass is 16.6. The molecule has 4 heteroatoms. The third-order valence-electron chi connectivity index (χ3n) is 3.98. The van der Waals surface area contributed by atoms with Crippen LogP contribution in [-0.4, -0.2) is 24.5 Å². The highest BCUT2D eigenvalue weighted by Crippen LogP contribution is 2.37. The highest BCUT2D eigenvalue weighted by Gasteiger charge is 2.27. The molecule has 0 fully saturated rings. The number of fused-ring (bicyclic) bond motifs is 2. The number of rotatable bonds is 1. The Morgan fingerprint density at radius 1 is 0.960 bits per heavy atom. The number of hydrogen-bond acceptors (Lipinski definition) is 3. The Balaban J connectivity index is 2.23. The van der Waals surface area contributed by atoms with Gasteiger partial charge < -0.3 is 9.64 Å². The minimum atomic E-state index is -0.579. The smallest absolute Gasteiger partial charge is 0.331 e. The molecule has 0 saturated heterocycles. The predicted octanol–water partition coefficient (Wildman–Crippen LogP) is 4.05. The molecule has 0 N–H and O–H groups in total. The van der Waals surface area contributed by atoms with E-state index in [2.05, 4.69) is 0 Å². The molecule has 3 rings (SSSR count). The van der Waals surface area contributed by atoms with E-state index in [1.165, 1.54) is 6.08 Å². The number of hydrogen-bond donors (Lipinski definition) is 0. The first-order valence-electron chi connectivity index (χ1n) is 8.19. The molecule has 1 aliphatic rings. The monoisotopic (exact) mass is 335 g/mol. The van der Waals surface area contributed by atoms with Gasteiger partial charge in [0.1, 0.15) is 5.60 Å². The summed E-state index contributed by atoms with van der Waals surface area (Å²) >= 11 is 0. The maximum Gasteiger partial charge on any atom is 0.331 e. The number of carbonyl (C=O) groups excluding carboxylic acids is 2. The van der Waals surface area contributed by atoms with Crippen molar-refractivity contribution in [2.45, 2.75) is 26.4 Å². The van der Waals surface area contributed by atoms with Crippen molar-refractivity contribution in [1.82, 2.24) is 0 Å². The number of nitrogens with zero attached hydrogens (tertiary/aromatic N) is 1. The largest absolute Gasteiger partial charge is 0.457 e. The number of carbonyl (C=O) groups is 2. The van der Waals surface area contributed by atoms with Crippen molar-refractivity contribution in [1.29, 1.82) is 0 Å². The van der Waals surface area contributed by atoms with E-state index < -0.39 is 11.6 Å². The topological polar surface area (TPSA) is 46.6 Å². The lowest BCUT2D eigenvalue weighted by molar-refractivity contribution is -0.148. The van der Waals surface area contributed by atoms with Crippen LogP contribution in [0.15, 0.2) is 54.6 Å². The molecule has 2 aromatic rings. The Morgan fingerprint density at radius 2 is 1.52 bits per heavy atom. The number of para-hydroxylation sites is 1. The number of benzene rings is 2. The van der Waals surface area contributed by atoms with Gasteiger partial charge in [-0.25, -0.2) is 4.79 Å². The standard InChI is InChI=1S/C21H21NO3/c1-21(2,3)25-19(23)13-17-14-9-5-6-11-16(14)20(24)22(4)18-12-8-7-10-15(17)18/h5-13H,1-4H3/b17-13-. The molecule has 1 heterocycles. The Morgan fingerprint density at radius 3 is 2.16 bits per heavy atom. The maximum absolute atomic E-state index is 12.8. The molecule has 1 aliphatic heterocycles. The van der Waals surface area contributed by atoms with E-state index in [0.29, 0.717) is 11.1 Å². The van der Waals surface area contributed by atoms with Gasteiger partial charge in [-0.15, -0.1) is 0 Å². The summed E-state index contributed by atoms with van der Waals surface area (Å²) in [6.07, 6.45) is 1.48. The molecule has 1 amide bonds. The molecule has 25 heavy (non-hydrogen) atoms. The van der Waals surface area contributed by atoms with Crippen molar-refractivity contribution in [3.8, 4) is 0 Å². The van der Waals surface area contributed by atoms with Gasteiger partial charge >= 0.3 is 5.97 Å². The van der Waals surface area contributed by atoms with Crippen molar-refractivity contribution in [3.63, 3.8) is 0 Å². The fraction of sp³-hybridized carbons (Fsp3) is 0.238. The number of amides is 1. The van der Waals surface area contributed by atoms with Crippen molar-refractivity contribution >= 4 is 23.1 Å². The van der Waals surface area contributed by atoms with Crippen LogP contribution in [-0.2, 0) is 9.53 Å². The Hall–Kier alpha value is -2.88. The van der Waals surface area contributed by atoms with Crippen LogP contribution in [0, 0.1) is 0 Å². The van der Waals surface area contributed by atoms with Crippen LogP contribution in [0.2, 0.25) is 0 Å².